The third-order valence-electron chi connectivity index (χ3n) is 3.10. The van der Waals surface area contributed by atoms with E-state index >= 15 is 0 Å². The highest BCUT2D eigenvalue weighted by molar-refractivity contribution is 7.92. The molecule has 2 aromatic carbocycles. The normalized spacial score (nSPS) is 11.1. The summed E-state index contributed by atoms with van der Waals surface area (Å²) in [6, 6.07) is 10.8. The number of carbonyl (C=O) groups is 1. The molecule has 0 unspecified atom stereocenters. The average molecular weight is 371 g/mol. The third-order valence-corrected chi connectivity index (χ3v) is 3.94. The van der Waals surface area contributed by atoms with Crippen molar-refractivity contribution in [2.45, 2.75) is 12.8 Å². The molecule has 2 N–H and O–H groups in total. The highest BCUT2D eigenvalue weighted by Gasteiger charge is 2.10. The summed E-state index contributed by atoms with van der Waals surface area (Å²) in [6.07, 6.45) is 1.68. The third kappa shape index (κ3) is 5.82. The van der Waals surface area contributed by atoms with Crippen LogP contribution >= 0.6 is 11.6 Å². The fraction of sp³-hybridized carbons (Fsp3) is 0.188. The van der Waals surface area contributed by atoms with Gasteiger partial charge >= 0.3 is 0 Å². The second-order valence-electron chi connectivity index (χ2n) is 5.24. The summed E-state index contributed by atoms with van der Waals surface area (Å²) in [4.78, 5) is 12.0. The SMILES string of the molecule is CS(=O)(=O)Nc1cc(NC(=O)CCc2ccc(Cl)cc2)ccc1F. The van der Waals surface area contributed by atoms with E-state index in [9.17, 15) is 17.6 Å². The van der Waals surface area contributed by atoms with Crippen LogP contribution in [0, 0.1) is 5.82 Å². The van der Waals surface area contributed by atoms with Crippen molar-refractivity contribution in [3.8, 4) is 0 Å². The van der Waals surface area contributed by atoms with Gasteiger partial charge in [-0.1, -0.05) is 23.7 Å². The number of anilines is 2. The summed E-state index contributed by atoms with van der Waals surface area (Å²) in [5, 5.41) is 3.24. The molecule has 0 spiro atoms. The zero-order valence-electron chi connectivity index (χ0n) is 12.8. The lowest BCUT2D eigenvalue weighted by molar-refractivity contribution is -0.116. The van der Waals surface area contributed by atoms with Crippen LogP contribution in [0.25, 0.3) is 0 Å². The molecule has 24 heavy (non-hydrogen) atoms. The molecule has 0 radical (unpaired) electrons. The molecule has 2 rings (SSSR count). The highest BCUT2D eigenvalue weighted by atomic mass is 35.5. The van der Waals surface area contributed by atoms with Crippen molar-refractivity contribution in [2.24, 2.45) is 0 Å². The number of benzene rings is 2. The van der Waals surface area contributed by atoms with Gasteiger partial charge in [-0.3, -0.25) is 9.52 Å². The number of amides is 1. The van der Waals surface area contributed by atoms with Gasteiger partial charge in [0.1, 0.15) is 5.82 Å². The summed E-state index contributed by atoms with van der Waals surface area (Å²) < 4.78 is 38.0. The van der Waals surface area contributed by atoms with E-state index in [-0.39, 0.29) is 18.0 Å². The van der Waals surface area contributed by atoms with Crippen LogP contribution < -0.4 is 10.0 Å². The van der Waals surface area contributed by atoms with Gasteiger partial charge in [0.2, 0.25) is 15.9 Å². The smallest absolute Gasteiger partial charge is 0.229 e. The molecule has 0 saturated heterocycles. The zero-order valence-corrected chi connectivity index (χ0v) is 14.4. The van der Waals surface area contributed by atoms with E-state index in [2.05, 4.69) is 10.0 Å². The van der Waals surface area contributed by atoms with Crippen LogP contribution in [0.1, 0.15) is 12.0 Å². The molecule has 0 aliphatic heterocycles. The average Bonchev–Trinajstić information content (AvgIpc) is 2.49. The Labute approximate surface area is 144 Å². The molecule has 0 aliphatic rings. The van der Waals surface area contributed by atoms with Crippen molar-refractivity contribution < 1.29 is 17.6 Å². The number of rotatable bonds is 6. The van der Waals surface area contributed by atoms with E-state index in [1.54, 1.807) is 12.1 Å². The van der Waals surface area contributed by atoms with E-state index in [1.807, 2.05) is 12.1 Å². The predicted molar refractivity (Wildman–Crippen MR) is 93.3 cm³/mol. The van der Waals surface area contributed by atoms with Gasteiger partial charge < -0.3 is 5.32 Å². The van der Waals surface area contributed by atoms with E-state index in [0.717, 1.165) is 17.9 Å². The molecule has 0 aromatic heterocycles. The minimum atomic E-state index is -3.61. The lowest BCUT2D eigenvalue weighted by Gasteiger charge is -2.09. The first-order chi connectivity index (χ1) is 11.2. The van der Waals surface area contributed by atoms with Crippen LogP contribution in [-0.2, 0) is 21.2 Å². The number of sulfonamides is 1. The quantitative estimate of drug-likeness (QED) is 0.818. The summed E-state index contributed by atoms with van der Waals surface area (Å²) in [5.74, 6) is -0.985. The molecular weight excluding hydrogens is 355 g/mol. The molecule has 5 nitrogen and oxygen atoms in total. The first kappa shape index (κ1) is 18.2. The lowest BCUT2D eigenvalue weighted by atomic mass is 10.1. The van der Waals surface area contributed by atoms with Gasteiger partial charge in [-0.05, 0) is 42.3 Å². The van der Waals surface area contributed by atoms with E-state index in [1.165, 1.54) is 12.1 Å². The Morgan fingerprint density at radius 1 is 1.17 bits per heavy atom. The molecule has 0 heterocycles. The Balaban J connectivity index is 1.98. The maximum atomic E-state index is 13.6. The Morgan fingerprint density at radius 2 is 1.83 bits per heavy atom. The van der Waals surface area contributed by atoms with Gasteiger partial charge in [-0.2, -0.15) is 0 Å². The van der Waals surface area contributed by atoms with Gasteiger partial charge in [0.05, 0.1) is 11.9 Å². The Bertz CT molecular complexity index is 839. The van der Waals surface area contributed by atoms with Crippen molar-refractivity contribution in [1.82, 2.24) is 0 Å². The second-order valence-corrected chi connectivity index (χ2v) is 7.43. The Morgan fingerprint density at radius 3 is 2.46 bits per heavy atom. The highest BCUT2D eigenvalue weighted by Crippen LogP contribution is 2.21. The predicted octanol–water partition coefficient (Wildman–Crippen LogP) is 3.42. The number of hydrogen-bond donors (Lipinski definition) is 2. The number of hydrogen-bond acceptors (Lipinski definition) is 3. The van der Waals surface area contributed by atoms with E-state index < -0.39 is 15.8 Å². The number of nitrogens with one attached hydrogen (secondary N) is 2. The minimum Gasteiger partial charge on any atom is -0.326 e. The van der Waals surface area contributed by atoms with Crippen LogP contribution in [-0.4, -0.2) is 20.6 Å². The molecule has 0 saturated carbocycles. The topological polar surface area (TPSA) is 75.3 Å². The monoisotopic (exact) mass is 370 g/mol. The summed E-state index contributed by atoms with van der Waals surface area (Å²) in [5.41, 5.74) is 1.06. The van der Waals surface area contributed by atoms with Crippen LogP contribution in [0.4, 0.5) is 15.8 Å². The minimum absolute atomic E-state index is 0.215. The number of carbonyl (C=O) groups excluding carboxylic acids is 1. The first-order valence-electron chi connectivity index (χ1n) is 7.04. The van der Waals surface area contributed by atoms with Crippen LogP contribution in [0.2, 0.25) is 5.02 Å². The van der Waals surface area contributed by atoms with Gasteiger partial charge in [0, 0.05) is 17.1 Å². The van der Waals surface area contributed by atoms with Crippen molar-refractivity contribution in [3.05, 3.63) is 58.9 Å². The molecule has 128 valence electrons. The largest absolute Gasteiger partial charge is 0.326 e. The van der Waals surface area contributed by atoms with Crippen molar-refractivity contribution >= 4 is 38.9 Å². The molecular formula is C16H16ClFN2O3S. The molecule has 2 aromatic rings. The van der Waals surface area contributed by atoms with E-state index in [4.69, 9.17) is 11.6 Å². The second kappa shape index (κ2) is 7.63. The summed E-state index contributed by atoms with van der Waals surface area (Å²) in [7, 11) is -3.61. The Kier molecular flexibility index (Phi) is 5.80. The fourth-order valence-electron chi connectivity index (χ4n) is 2.01. The number of aryl methyl sites for hydroxylation is 1. The van der Waals surface area contributed by atoms with Crippen molar-refractivity contribution in [2.75, 3.05) is 16.3 Å². The Hall–Kier alpha value is -2.12. The van der Waals surface area contributed by atoms with Gasteiger partial charge in [-0.15, -0.1) is 0 Å². The zero-order chi connectivity index (χ0) is 17.7. The molecule has 8 heteroatoms. The maximum Gasteiger partial charge on any atom is 0.229 e. The van der Waals surface area contributed by atoms with Crippen molar-refractivity contribution in [3.63, 3.8) is 0 Å². The molecule has 1 amide bonds. The molecule has 0 fully saturated rings. The van der Waals surface area contributed by atoms with Crippen LogP contribution in [0.3, 0.4) is 0 Å². The molecule has 0 bridgehead atoms. The van der Waals surface area contributed by atoms with Gasteiger partial charge in [-0.25, -0.2) is 12.8 Å². The first-order valence-corrected chi connectivity index (χ1v) is 9.31. The summed E-state index contributed by atoms with van der Waals surface area (Å²) >= 11 is 5.80. The van der Waals surface area contributed by atoms with Crippen LogP contribution in [0.5, 0.6) is 0 Å². The molecule has 0 aliphatic carbocycles. The summed E-state index contributed by atoms with van der Waals surface area (Å²) in [6.45, 7) is 0. The lowest BCUT2D eigenvalue weighted by Crippen LogP contribution is -2.14. The fourth-order valence-corrected chi connectivity index (χ4v) is 2.70. The van der Waals surface area contributed by atoms with Gasteiger partial charge in [0.15, 0.2) is 0 Å². The van der Waals surface area contributed by atoms with Gasteiger partial charge in [0.25, 0.3) is 0 Å². The van der Waals surface area contributed by atoms with E-state index in [0.29, 0.717) is 17.1 Å². The number of halogens is 2. The maximum absolute atomic E-state index is 13.6. The standard InChI is InChI=1S/C16H16ClFN2O3S/c1-24(22,23)20-15-10-13(7-8-14(15)18)19-16(21)9-4-11-2-5-12(17)6-3-11/h2-3,5-8,10,20H,4,9H2,1H3,(H,19,21). The van der Waals surface area contributed by atoms with Crippen LogP contribution in [0.15, 0.2) is 42.5 Å². The van der Waals surface area contributed by atoms with Crippen molar-refractivity contribution in [1.29, 1.82) is 0 Å². The molecule has 0 atom stereocenters.